The molecule has 1 atom stereocenters. The van der Waals surface area contributed by atoms with Crippen molar-refractivity contribution in [2.24, 2.45) is 7.05 Å². The van der Waals surface area contributed by atoms with Crippen molar-refractivity contribution in [3.8, 4) is 0 Å². The highest BCUT2D eigenvalue weighted by atomic mass is 16.7. The molecule has 0 bridgehead atoms. The minimum atomic E-state index is -0.417. The molecule has 1 unspecified atom stereocenters. The van der Waals surface area contributed by atoms with E-state index in [4.69, 9.17) is 9.47 Å². The van der Waals surface area contributed by atoms with Gasteiger partial charge < -0.3 is 14.8 Å². The SMILES string of the molecule is Cc1nn(C)c2ncc(C(=O)NCC3COC4(CCCCCC4)O3)cc12. The molecule has 2 aromatic rings. The standard InChI is InChI=1S/C19H26N4O3/c1-13-16-9-14(10-20-17(16)23(2)22-13)18(24)21-11-15-12-25-19(26-15)7-5-3-4-6-8-19/h9-10,15H,3-8,11-12H2,1-2H3,(H,21,24). The average molecular weight is 358 g/mol. The van der Waals surface area contributed by atoms with Crippen LogP contribution in [0.3, 0.4) is 0 Å². The van der Waals surface area contributed by atoms with E-state index in [-0.39, 0.29) is 12.0 Å². The number of hydrogen-bond acceptors (Lipinski definition) is 5. The van der Waals surface area contributed by atoms with Gasteiger partial charge in [0.2, 0.25) is 0 Å². The smallest absolute Gasteiger partial charge is 0.252 e. The Hall–Kier alpha value is -1.99. The zero-order valence-corrected chi connectivity index (χ0v) is 15.5. The maximum absolute atomic E-state index is 12.5. The van der Waals surface area contributed by atoms with E-state index in [9.17, 15) is 4.79 Å². The van der Waals surface area contributed by atoms with Gasteiger partial charge in [0.1, 0.15) is 6.10 Å². The third-order valence-corrected chi connectivity index (χ3v) is 5.39. The molecule has 1 saturated heterocycles. The van der Waals surface area contributed by atoms with Crippen LogP contribution in [0, 0.1) is 6.92 Å². The van der Waals surface area contributed by atoms with Crippen LogP contribution in [0.1, 0.15) is 54.6 Å². The lowest BCUT2D eigenvalue weighted by molar-refractivity contribution is -0.175. The normalized spacial score (nSPS) is 22.6. The van der Waals surface area contributed by atoms with Gasteiger partial charge >= 0.3 is 0 Å². The number of carbonyl (C=O) groups excluding carboxylic acids is 1. The Bertz CT molecular complexity index is 808. The number of aryl methyl sites for hydroxylation is 2. The van der Waals surface area contributed by atoms with Gasteiger partial charge in [-0.1, -0.05) is 12.8 Å². The van der Waals surface area contributed by atoms with Gasteiger partial charge in [0.15, 0.2) is 11.4 Å². The lowest BCUT2D eigenvalue weighted by Crippen LogP contribution is -2.36. The Morgan fingerprint density at radius 1 is 1.35 bits per heavy atom. The molecule has 2 aliphatic rings. The molecule has 26 heavy (non-hydrogen) atoms. The summed E-state index contributed by atoms with van der Waals surface area (Å²) in [6, 6.07) is 1.85. The molecule has 1 aliphatic carbocycles. The monoisotopic (exact) mass is 358 g/mol. The quantitative estimate of drug-likeness (QED) is 0.912. The van der Waals surface area contributed by atoms with Gasteiger partial charge in [0.05, 0.1) is 17.9 Å². The first-order chi connectivity index (χ1) is 12.6. The largest absolute Gasteiger partial charge is 0.349 e. The fourth-order valence-corrected chi connectivity index (χ4v) is 3.99. The highest BCUT2D eigenvalue weighted by molar-refractivity contribution is 5.97. The number of pyridine rings is 1. The molecule has 140 valence electrons. The molecule has 1 amide bonds. The second-order valence-electron chi connectivity index (χ2n) is 7.39. The molecular weight excluding hydrogens is 332 g/mol. The molecule has 1 spiro atoms. The Labute approximate surface area is 153 Å². The van der Waals surface area contributed by atoms with Crippen LogP contribution >= 0.6 is 0 Å². The first kappa shape index (κ1) is 17.4. The van der Waals surface area contributed by atoms with E-state index in [1.54, 1.807) is 10.9 Å². The van der Waals surface area contributed by atoms with Crippen LogP contribution in [0.25, 0.3) is 11.0 Å². The van der Waals surface area contributed by atoms with E-state index in [0.29, 0.717) is 18.7 Å². The number of rotatable bonds is 3. The van der Waals surface area contributed by atoms with Crippen molar-refractivity contribution in [2.45, 2.75) is 57.3 Å². The molecular formula is C19H26N4O3. The summed E-state index contributed by atoms with van der Waals surface area (Å²) in [5, 5.41) is 8.20. The van der Waals surface area contributed by atoms with Crippen LogP contribution in [0.4, 0.5) is 0 Å². The number of amides is 1. The fourth-order valence-electron chi connectivity index (χ4n) is 3.99. The summed E-state index contributed by atoms with van der Waals surface area (Å²) in [4.78, 5) is 16.9. The minimum absolute atomic E-state index is 0.0890. The number of aromatic nitrogens is 3. The maximum Gasteiger partial charge on any atom is 0.252 e. The van der Waals surface area contributed by atoms with Crippen molar-refractivity contribution in [3.05, 3.63) is 23.5 Å². The number of carbonyl (C=O) groups is 1. The summed E-state index contributed by atoms with van der Waals surface area (Å²) in [6.07, 6.45) is 8.21. The third-order valence-electron chi connectivity index (χ3n) is 5.39. The van der Waals surface area contributed by atoms with E-state index in [1.807, 2.05) is 20.0 Å². The number of nitrogens with one attached hydrogen (secondary N) is 1. The molecule has 2 aromatic heterocycles. The predicted molar refractivity (Wildman–Crippen MR) is 96.8 cm³/mol. The second-order valence-corrected chi connectivity index (χ2v) is 7.39. The van der Waals surface area contributed by atoms with Gasteiger partial charge in [-0.05, 0) is 25.8 Å². The number of hydrogen-bond donors (Lipinski definition) is 1. The summed E-state index contributed by atoms with van der Waals surface area (Å²) >= 11 is 0. The van der Waals surface area contributed by atoms with Crippen molar-refractivity contribution in [2.75, 3.05) is 13.2 Å². The van der Waals surface area contributed by atoms with E-state index in [2.05, 4.69) is 15.4 Å². The topological polar surface area (TPSA) is 78.3 Å². The van der Waals surface area contributed by atoms with E-state index < -0.39 is 5.79 Å². The number of ether oxygens (including phenoxy) is 2. The number of fused-ring (bicyclic) bond motifs is 1. The van der Waals surface area contributed by atoms with Crippen molar-refractivity contribution < 1.29 is 14.3 Å². The number of nitrogens with zero attached hydrogens (tertiary/aromatic N) is 3. The van der Waals surface area contributed by atoms with Crippen LogP contribution in [-0.2, 0) is 16.5 Å². The van der Waals surface area contributed by atoms with Gasteiger partial charge in [-0.3, -0.25) is 9.48 Å². The van der Waals surface area contributed by atoms with Gasteiger partial charge in [-0.15, -0.1) is 0 Å². The maximum atomic E-state index is 12.5. The molecule has 3 heterocycles. The molecule has 2 fully saturated rings. The summed E-state index contributed by atoms with van der Waals surface area (Å²) in [5.74, 6) is -0.563. The second kappa shape index (κ2) is 6.96. The van der Waals surface area contributed by atoms with Crippen molar-refractivity contribution in [1.82, 2.24) is 20.1 Å². The molecule has 7 heteroatoms. The van der Waals surface area contributed by atoms with Crippen molar-refractivity contribution >= 4 is 16.9 Å². The lowest BCUT2D eigenvalue weighted by Gasteiger charge is -2.26. The molecule has 1 N–H and O–H groups in total. The first-order valence-corrected chi connectivity index (χ1v) is 9.46. The molecule has 4 rings (SSSR count). The van der Waals surface area contributed by atoms with E-state index in [1.165, 1.54) is 12.8 Å². The fraction of sp³-hybridized carbons (Fsp3) is 0.632. The third kappa shape index (κ3) is 3.33. The van der Waals surface area contributed by atoms with Crippen molar-refractivity contribution in [3.63, 3.8) is 0 Å². The summed E-state index contributed by atoms with van der Waals surface area (Å²) in [5.41, 5.74) is 2.19. The predicted octanol–water partition coefficient (Wildman–Crippen LogP) is 2.47. The van der Waals surface area contributed by atoms with Crippen LogP contribution in [0.5, 0.6) is 0 Å². The first-order valence-electron chi connectivity index (χ1n) is 9.46. The highest BCUT2D eigenvalue weighted by Gasteiger charge is 2.41. The van der Waals surface area contributed by atoms with E-state index in [0.717, 1.165) is 42.4 Å². The highest BCUT2D eigenvalue weighted by Crippen LogP contribution is 2.36. The van der Waals surface area contributed by atoms with Gasteiger partial charge in [-0.25, -0.2) is 4.98 Å². The zero-order valence-electron chi connectivity index (χ0n) is 15.5. The summed E-state index contributed by atoms with van der Waals surface area (Å²) < 4.78 is 13.9. The van der Waals surface area contributed by atoms with Crippen LogP contribution in [0.15, 0.2) is 12.3 Å². The van der Waals surface area contributed by atoms with Crippen LogP contribution in [0.2, 0.25) is 0 Å². The van der Waals surface area contributed by atoms with Crippen LogP contribution < -0.4 is 5.32 Å². The Morgan fingerprint density at radius 3 is 2.88 bits per heavy atom. The van der Waals surface area contributed by atoms with Gasteiger partial charge in [0, 0.05) is 38.0 Å². The molecule has 0 aromatic carbocycles. The van der Waals surface area contributed by atoms with Crippen molar-refractivity contribution in [1.29, 1.82) is 0 Å². The molecule has 0 radical (unpaired) electrons. The average Bonchev–Trinajstić information content (AvgIpc) is 3.06. The van der Waals surface area contributed by atoms with Crippen LogP contribution in [-0.4, -0.2) is 45.7 Å². The minimum Gasteiger partial charge on any atom is -0.349 e. The summed E-state index contributed by atoms with van der Waals surface area (Å²) in [6.45, 7) is 2.91. The Morgan fingerprint density at radius 2 is 2.12 bits per heavy atom. The lowest BCUT2D eigenvalue weighted by atomic mass is 10.1. The van der Waals surface area contributed by atoms with Gasteiger partial charge in [-0.2, -0.15) is 5.10 Å². The summed E-state index contributed by atoms with van der Waals surface area (Å²) in [7, 11) is 1.85. The Kier molecular flexibility index (Phi) is 4.67. The van der Waals surface area contributed by atoms with E-state index >= 15 is 0 Å². The molecule has 7 nitrogen and oxygen atoms in total. The molecule has 1 saturated carbocycles. The van der Waals surface area contributed by atoms with Gasteiger partial charge in [0.25, 0.3) is 5.91 Å². The zero-order chi connectivity index (χ0) is 18.1. The Balaban J connectivity index is 1.38. The molecule has 1 aliphatic heterocycles.